The summed E-state index contributed by atoms with van der Waals surface area (Å²) in [6, 6.07) is 9.90. The summed E-state index contributed by atoms with van der Waals surface area (Å²) in [6.07, 6.45) is 1.69. The van der Waals surface area contributed by atoms with Crippen molar-refractivity contribution in [3.05, 3.63) is 58.1 Å². The Morgan fingerprint density at radius 3 is 2.82 bits per heavy atom. The van der Waals surface area contributed by atoms with Crippen molar-refractivity contribution >= 4 is 23.5 Å². The molecule has 0 radical (unpaired) electrons. The van der Waals surface area contributed by atoms with Crippen molar-refractivity contribution in [3.63, 3.8) is 0 Å². The molecule has 0 saturated carbocycles. The largest absolute Gasteiger partial charge is 0.504 e. The highest BCUT2D eigenvalue weighted by Gasteiger charge is 2.23. The molecule has 112 valence electrons. The SMILES string of the molecule is COc1ccc(C=C2COc3ccc(Cl)cc3C2=O)cc1O. The molecule has 4 nitrogen and oxygen atoms in total. The first-order valence-corrected chi connectivity index (χ1v) is 7.01. The minimum Gasteiger partial charge on any atom is -0.504 e. The lowest BCUT2D eigenvalue weighted by atomic mass is 9.98. The Morgan fingerprint density at radius 2 is 2.09 bits per heavy atom. The zero-order chi connectivity index (χ0) is 15.7. The second kappa shape index (κ2) is 5.73. The van der Waals surface area contributed by atoms with Gasteiger partial charge >= 0.3 is 0 Å². The van der Waals surface area contributed by atoms with Crippen molar-refractivity contribution < 1.29 is 19.4 Å². The number of aromatic hydroxyl groups is 1. The summed E-state index contributed by atoms with van der Waals surface area (Å²) < 4.78 is 10.6. The summed E-state index contributed by atoms with van der Waals surface area (Å²) in [4.78, 5) is 12.5. The highest BCUT2D eigenvalue weighted by atomic mass is 35.5. The van der Waals surface area contributed by atoms with Gasteiger partial charge in [0.25, 0.3) is 0 Å². The normalized spacial score (nSPS) is 15.4. The summed E-state index contributed by atoms with van der Waals surface area (Å²) in [5, 5.41) is 10.3. The maximum atomic E-state index is 12.5. The van der Waals surface area contributed by atoms with Gasteiger partial charge in [0.05, 0.1) is 12.7 Å². The molecule has 1 aliphatic heterocycles. The van der Waals surface area contributed by atoms with Gasteiger partial charge < -0.3 is 14.6 Å². The van der Waals surface area contributed by atoms with Crippen LogP contribution in [-0.4, -0.2) is 24.6 Å². The third-order valence-electron chi connectivity index (χ3n) is 3.40. The van der Waals surface area contributed by atoms with E-state index in [0.717, 1.165) is 0 Å². The van der Waals surface area contributed by atoms with Crippen LogP contribution in [0.5, 0.6) is 17.2 Å². The highest BCUT2D eigenvalue weighted by molar-refractivity contribution is 6.31. The second-order valence-corrected chi connectivity index (χ2v) is 5.30. The molecule has 0 saturated heterocycles. The van der Waals surface area contributed by atoms with Gasteiger partial charge in [-0.25, -0.2) is 0 Å². The number of phenolic OH excluding ortho intramolecular Hbond substituents is 1. The van der Waals surface area contributed by atoms with Crippen LogP contribution in [0, 0.1) is 0 Å². The molecule has 0 unspecified atom stereocenters. The molecule has 5 heteroatoms. The van der Waals surface area contributed by atoms with Gasteiger partial charge in [0.15, 0.2) is 17.3 Å². The number of hydrogen-bond donors (Lipinski definition) is 1. The first-order chi connectivity index (χ1) is 10.6. The predicted octanol–water partition coefficient (Wildman–Crippen LogP) is 3.71. The van der Waals surface area contributed by atoms with Crippen LogP contribution in [0.15, 0.2) is 42.0 Å². The average molecular weight is 317 g/mol. The standard InChI is InChI=1S/C17H13ClO4/c1-21-16-4-2-10(7-14(16)19)6-11-9-22-15-5-3-12(18)8-13(15)17(11)20/h2-8,19H,9H2,1H3. The maximum absolute atomic E-state index is 12.5. The van der Waals surface area contributed by atoms with Gasteiger partial charge in [-0.15, -0.1) is 0 Å². The lowest BCUT2D eigenvalue weighted by Crippen LogP contribution is -2.18. The van der Waals surface area contributed by atoms with E-state index < -0.39 is 0 Å². The number of methoxy groups -OCH3 is 1. The molecule has 0 fully saturated rings. The minimum absolute atomic E-state index is 0.0180. The molecule has 0 aliphatic carbocycles. The number of fused-ring (bicyclic) bond motifs is 1. The molecular weight excluding hydrogens is 304 g/mol. The van der Waals surface area contributed by atoms with Gasteiger partial charge in [0.2, 0.25) is 0 Å². The minimum atomic E-state index is -0.126. The van der Waals surface area contributed by atoms with Gasteiger partial charge in [-0.05, 0) is 42.0 Å². The molecule has 1 heterocycles. The molecular formula is C17H13ClO4. The van der Waals surface area contributed by atoms with E-state index in [2.05, 4.69) is 0 Å². The number of benzene rings is 2. The Hall–Kier alpha value is -2.46. The Bertz CT molecular complexity index is 780. The molecule has 1 N–H and O–H groups in total. The van der Waals surface area contributed by atoms with Crippen LogP contribution in [0.4, 0.5) is 0 Å². The average Bonchev–Trinajstić information content (AvgIpc) is 2.51. The molecule has 22 heavy (non-hydrogen) atoms. The van der Waals surface area contributed by atoms with E-state index in [4.69, 9.17) is 21.1 Å². The number of carbonyl (C=O) groups excluding carboxylic acids is 1. The van der Waals surface area contributed by atoms with Gasteiger partial charge in [0, 0.05) is 10.6 Å². The van der Waals surface area contributed by atoms with E-state index in [-0.39, 0.29) is 18.1 Å². The Kier molecular flexibility index (Phi) is 3.77. The number of ketones is 1. The van der Waals surface area contributed by atoms with Crippen LogP contribution < -0.4 is 9.47 Å². The fourth-order valence-corrected chi connectivity index (χ4v) is 2.48. The van der Waals surface area contributed by atoms with Gasteiger partial charge in [-0.3, -0.25) is 4.79 Å². The fraction of sp³-hybridized carbons (Fsp3) is 0.118. The second-order valence-electron chi connectivity index (χ2n) is 4.86. The summed E-state index contributed by atoms with van der Waals surface area (Å²) >= 11 is 5.93. The first kappa shape index (κ1) is 14.5. The van der Waals surface area contributed by atoms with Crippen LogP contribution >= 0.6 is 11.6 Å². The number of carbonyl (C=O) groups is 1. The molecule has 0 atom stereocenters. The molecule has 1 aliphatic rings. The topological polar surface area (TPSA) is 55.8 Å². The molecule has 3 rings (SSSR count). The molecule has 0 bridgehead atoms. The van der Waals surface area contributed by atoms with E-state index in [1.54, 1.807) is 36.4 Å². The Morgan fingerprint density at radius 1 is 1.27 bits per heavy atom. The quantitative estimate of drug-likeness (QED) is 0.858. The number of rotatable bonds is 2. The van der Waals surface area contributed by atoms with Crippen LogP contribution in [0.2, 0.25) is 5.02 Å². The summed E-state index contributed by atoms with van der Waals surface area (Å²) in [5.74, 6) is 0.804. The van der Waals surface area contributed by atoms with Gasteiger partial charge in [-0.2, -0.15) is 0 Å². The number of phenols is 1. The van der Waals surface area contributed by atoms with Crippen molar-refractivity contribution in [2.24, 2.45) is 0 Å². The molecule has 0 aromatic heterocycles. The number of halogens is 1. The molecule has 2 aromatic carbocycles. The van der Waals surface area contributed by atoms with E-state index in [1.165, 1.54) is 13.2 Å². The van der Waals surface area contributed by atoms with E-state index in [9.17, 15) is 9.90 Å². The summed E-state index contributed by atoms with van der Waals surface area (Å²) in [5.41, 5.74) is 1.64. The summed E-state index contributed by atoms with van der Waals surface area (Å²) in [7, 11) is 1.48. The molecule has 0 amide bonds. The van der Waals surface area contributed by atoms with E-state index >= 15 is 0 Å². The maximum Gasteiger partial charge on any atom is 0.196 e. The fourth-order valence-electron chi connectivity index (χ4n) is 2.30. The Balaban J connectivity index is 1.96. The zero-order valence-corrected chi connectivity index (χ0v) is 12.6. The van der Waals surface area contributed by atoms with E-state index in [0.29, 0.717) is 33.2 Å². The monoisotopic (exact) mass is 316 g/mol. The van der Waals surface area contributed by atoms with Crippen molar-refractivity contribution in [1.29, 1.82) is 0 Å². The van der Waals surface area contributed by atoms with Crippen molar-refractivity contribution in [1.82, 2.24) is 0 Å². The zero-order valence-electron chi connectivity index (χ0n) is 11.8. The van der Waals surface area contributed by atoms with Gasteiger partial charge in [0.1, 0.15) is 12.4 Å². The van der Waals surface area contributed by atoms with Crippen LogP contribution in [-0.2, 0) is 0 Å². The van der Waals surface area contributed by atoms with Crippen LogP contribution in [0.3, 0.4) is 0 Å². The van der Waals surface area contributed by atoms with Gasteiger partial charge in [-0.1, -0.05) is 17.7 Å². The number of Topliss-reactive ketones (excluding diaryl/α,β-unsaturated/α-hetero) is 1. The van der Waals surface area contributed by atoms with Crippen molar-refractivity contribution in [2.45, 2.75) is 0 Å². The third-order valence-corrected chi connectivity index (χ3v) is 3.64. The van der Waals surface area contributed by atoms with Crippen molar-refractivity contribution in [2.75, 3.05) is 13.7 Å². The first-order valence-electron chi connectivity index (χ1n) is 6.63. The third kappa shape index (κ3) is 2.65. The predicted molar refractivity (Wildman–Crippen MR) is 83.9 cm³/mol. The number of hydrogen-bond acceptors (Lipinski definition) is 4. The molecule has 0 spiro atoms. The molecule has 2 aromatic rings. The van der Waals surface area contributed by atoms with Crippen LogP contribution in [0.25, 0.3) is 6.08 Å². The lowest BCUT2D eigenvalue weighted by Gasteiger charge is -2.19. The summed E-state index contributed by atoms with van der Waals surface area (Å²) in [6.45, 7) is 0.181. The van der Waals surface area contributed by atoms with Crippen LogP contribution in [0.1, 0.15) is 15.9 Å². The van der Waals surface area contributed by atoms with Crippen molar-refractivity contribution in [3.8, 4) is 17.2 Å². The smallest absolute Gasteiger partial charge is 0.196 e. The Labute approximate surface area is 132 Å². The highest BCUT2D eigenvalue weighted by Crippen LogP contribution is 2.31. The lowest BCUT2D eigenvalue weighted by molar-refractivity contribution is 0.100. The number of ether oxygens (including phenoxy) is 2. The van der Waals surface area contributed by atoms with E-state index in [1.807, 2.05) is 0 Å².